The first-order valence-electron chi connectivity index (χ1n) is 12.3. The molecule has 0 aliphatic carbocycles. The number of ether oxygens (including phenoxy) is 1. The van der Waals surface area contributed by atoms with Crippen LogP contribution in [-0.4, -0.2) is 51.4 Å². The van der Waals surface area contributed by atoms with Crippen molar-refractivity contribution in [3.8, 4) is 5.75 Å². The van der Waals surface area contributed by atoms with Gasteiger partial charge in [-0.3, -0.25) is 13.9 Å². The minimum atomic E-state index is -4.25. The smallest absolute Gasteiger partial charge is 0.264 e. The normalized spacial score (nSPS) is 11.9. The van der Waals surface area contributed by atoms with Crippen molar-refractivity contribution in [2.75, 3.05) is 24.5 Å². The molecule has 1 N–H and O–H groups in total. The van der Waals surface area contributed by atoms with Crippen LogP contribution < -0.4 is 14.4 Å². The molecule has 0 heterocycles. The van der Waals surface area contributed by atoms with Gasteiger partial charge in [-0.15, -0.1) is 0 Å². The van der Waals surface area contributed by atoms with Gasteiger partial charge in [0, 0.05) is 18.7 Å². The van der Waals surface area contributed by atoms with E-state index in [2.05, 4.69) is 5.32 Å². The molecular formula is C28H31ClFN3O5S. The highest BCUT2D eigenvalue weighted by Gasteiger charge is 2.33. The van der Waals surface area contributed by atoms with Crippen molar-refractivity contribution in [1.82, 2.24) is 10.2 Å². The molecule has 0 radical (unpaired) electrons. The van der Waals surface area contributed by atoms with Crippen LogP contribution in [0.4, 0.5) is 10.1 Å². The van der Waals surface area contributed by atoms with Crippen molar-refractivity contribution < 1.29 is 27.1 Å². The Kier molecular flexibility index (Phi) is 10.3. The second-order valence-corrected chi connectivity index (χ2v) is 11.0. The Bertz CT molecular complexity index is 1410. The van der Waals surface area contributed by atoms with Crippen molar-refractivity contribution in [1.29, 1.82) is 0 Å². The van der Waals surface area contributed by atoms with Crippen LogP contribution in [0.15, 0.2) is 77.7 Å². The molecule has 2 amide bonds. The minimum Gasteiger partial charge on any atom is -0.495 e. The highest BCUT2D eigenvalue weighted by atomic mass is 35.5. The van der Waals surface area contributed by atoms with Crippen LogP contribution in [0.3, 0.4) is 0 Å². The van der Waals surface area contributed by atoms with Crippen LogP contribution in [0.25, 0.3) is 0 Å². The monoisotopic (exact) mass is 575 g/mol. The van der Waals surface area contributed by atoms with Gasteiger partial charge in [-0.1, -0.05) is 54.9 Å². The van der Waals surface area contributed by atoms with E-state index in [4.69, 9.17) is 16.3 Å². The topological polar surface area (TPSA) is 96.0 Å². The number of methoxy groups -OCH3 is 1. The van der Waals surface area contributed by atoms with Gasteiger partial charge in [0.15, 0.2) is 0 Å². The Morgan fingerprint density at radius 3 is 2.33 bits per heavy atom. The van der Waals surface area contributed by atoms with Crippen LogP contribution in [-0.2, 0) is 26.2 Å². The summed E-state index contributed by atoms with van der Waals surface area (Å²) in [6, 6.07) is 16.9. The second-order valence-electron chi connectivity index (χ2n) is 8.72. The number of amides is 2. The van der Waals surface area contributed by atoms with E-state index in [1.54, 1.807) is 24.3 Å². The van der Waals surface area contributed by atoms with E-state index in [0.29, 0.717) is 18.7 Å². The summed E-state index contributed by atoms with van der Waals surface area (Å²) in [6.45, 7) is 2.89. The molecule has 0 fully saturated rings. The highest BCUT2D eigenvalue weighted by molar-refractivity contribution is 7.92. The Morgan fingerprint density at radius 1 is 1.05 bits per heavy atom. The zero-order valence-corrected chi connectivity index (χ0v) is 23.5. The summed E-state index contributed by atoms with van der Waals surface area (Å²) in [5.74, 6) is -1.37. The van der Waals surface area contributed by atoms with E-state index in [0.717, 1.165) is 4.31 Å². The molecule has 3 aromatic rings. The number of nitrogens with one attached hydrogen (secondary N) is 1. The number of benzene rings is 3. The SMILES string of the molecule is CCCNC(=O)C(C)N(Cc1ccccc1F)C(=O)CN(c1ccc(OC)c(Cl)c1)S(=O)(=O)c1ccccc1. The Hall–Kier alpha value is -3.63. The molecule has 11 heteroatoms. The molecule has 0 saturated heterocycles. The van der Waals surface area contributed by atoms with Crippen molar-refractivity contribution in [3.05, 3.63) is 89.2 Å². The fourth-order valence-electron chi connectivity index (χ4n) is 3.85. The summed E-state index contributed by atoms with van der Waals surface area (Å²) < 4.78 is 48.2. The van der Waals surface area contributed by atoms with Gasteiger partial charge in [0.25, 0.3) is 10.0 Å². The number of hydrogen-bond acceptors (Lipinski definition) is 5. The number of nitrogens with zero attached hydrogens (tertiary/aromatic N) is 2. The first-order valence-corrected chi connectivity index (χ1v) is 14.1. The van der Waals surface area contributed by atoms with Gasteiger partial charge in [0.05, 0.1) is 22.7 Å². The van der Waals surface area contributed by atoms with E-state index >= 15 is 0 Å². The summed E-state index contributed by atoms with van der Waals surface area (Å²) in [7, 11) is -2.82. The van der Waals surface area contributed by atoms with E-state index in [9.17, 15) is 22.4 Å². The van der Waals surface area contributed by atoms with Crippen molar-refractivity contribution in [3.63, 3.8) is 0 Å². The average Bonchev–Trinajstić information content (AvgIpc) is 2.94. The molecule has 0 spiro atoms. The number of carbonyl (C=O) groups is 2. The molecule has 0 aromatic heterocycles. The van der Waals surface area contributed by atoms with Crippen LogP contribution in [0.5, 0.6) is 5.75 Å². The lowest BCUT2D eigenvalue weighted by molar-refractivity contribution is -0.139. The van der Waals surface area contributed by atoms with Crippen molar-refractivity contribution in [2.24, 2.45) is 0 Å². The average molecular weight is 576 g/mol. The predicted molar refractivity (Wildman–Crippen MR) is 149 cm³/mol. The molecule has 0 bridgehead atoms. The number of carbonyl (C=O) groups excluding carboxylic acids is 2. The van der Waals surface area contributed by atoms with Crippen molar-refractivity contribution in [2.45, 2.75) is 37.8 Å². The van der Waals surface area contributed by atoms with E-state index in [1.165, 1.54) is 67.5 Å². The lowest BCUT2D eigenvalue weighted by atomic mass is 10.1. The predicted octanol–water partition coefficient (Wildman–Crippen LogP) is 4.63. The first kappa shape index (κ1) is 29.9. The molecular weight excluding hydrogens is 545 g/mol. The van der Waals surface area contributed by atoms with Crippen molar-refractivity contribution >= 4 is 39.1 Å². The quantitative estimate of drug-likeness (QED) is 0.340. The molecule has 3 aromatic carbocycles. The molecule has 208 valence electrons. The van der Waals surface area contributed by atoms with Gasteiger partial charge in [-0.25, -0.2) is 12.8 Å². The van der Waals surface area contributed by atoms with Gasteiger partial charge in [-0.2, -0.15) is 0 Å². The molecule has 8 nitrogen and oxygen atoms in total. The molecule has 39 heavy (non-hydrogen) atoms. The maximum absolute atomic E-state index is 14.6. The zero-order chi connectivity index (χ0) is 28.6. The largest absolute Gasteiger partial charge is 0.495 e. The Morgan fingerprint density at radius 2 is 1.72 bits per heavy atom. The number of sulfonamides is 1. The third kappa shape index (κ3) is 7.27. The lowest BCUT2D eigenvalue weighted by Gasteiger charge is -2.32. The number of halogens is 2. The fourth-order valence-corrected chi connectivity index (χ4v) is 5.53. The maximum atomic E-state index is 14.6. The van der Waals surface area contributed by atoms with Crippen LogP contribution in [0.1, 0.15) is 25.8 Å². The highest BCUT2D eigenvalue weighted by Crippen LogP contribution is 2.32. The van der Waals surface area contributed by atoms with Crippen LogP contribution in [0.2, 0.25) is 5.02 Å². The number of hydrogen-bond donors (Lipinski definition) is 1. The summed E-state index contributed by atoms with van der Waals surface area (Å²) in [6.07, 6.45) is 0.682. The van der Waals surface area contributed by atoms with Gasteiger partial charge in [0.2, 0.25) is 11.8 Å². The van der Waals surface area contributed by atoms with Crippen LogP contribution in [0, 0.1) is 5.82 Å². The minimum absolute atomic E-state index is 0.0425. The van der Waals surface area contributed by atoms with E-state index in [1.807, 2.05) is 6.92 Å². The summed E-state index contributed by atoms with van der Waals surface area (Å²) in [5.41, 5.74) is 0.304. The van der Waals surface area contributed by atoms with E-state index in [-0.39, 0.29) is 27.7 Å². The molecule has 0 aliphatic rings. The lowest BCUT2D eigenvalue weighted by Crippen LogP contribution is -2.51. The molecule has 3 rings (SSSR count). The van der Waals surface area contributed by atoms with Gasteiger partial charge in [0.1, 0.15) is 24.2 Å². The molecule has 0 saturated carbocycles. The third-order valence-corrected chi connectivity index (χ3v) is 8.13. The van der Waals surface area contributed by atoms with Gasteiger partial charge in [-0.05, 0) is 49.7 Å². The summed E-state index contributed by atoms with van der Waals surface area (Å²) >= 11 is 6.30. The van der Waals surface area contributed by atoms with Gasteiger partial charge >= 0.3 is 0 Å². The standard InChI is InChI=1S/C28H31ClFN3O5S/c1-4-16-31-28(35)20(2)32(18-21-10-8-9-13-25(21)30)27(34)19-33(22-14-15-26(38-3)24(29)17-22)39(36,37)23-11-6-5-7-12-23/h5-15,17,20H,4,16,18-19H2,1-3H3,(H,31,35). The number of anilines is 1. The third-order valence-electron chi connectivity index (χ3n) is 6.05. The van der Waals surface area contributed by atoms with Gasteiger partial charge < -0.3 is 15.0 Å². The number of rotatable bonds is 12. The summed E-state index contributed by atoms with van der Waals surface area (Å²) in [4.78, 5) is 27.8. The fraction of sp³-hybridized carbons (Fsp3) is 0.286. The Labute approximate surface area is 233 Å². The molecule has 0 aliphatic heterocycles. The molecule has 1 atom stereocenters. The first-order chi connectivity index (χ1) is 18.6. The maximum Gasteiger partial charge on any atom is 0.264 e. The zero-order valence-electron chi connectivity index (χ0n) is 21.9. The second kappa shape index (κ2) is 13.4. The molecule has 1 unspecified atom stereocenters. The van der Waals surface area contributed by atoms with Crippen LogP contribution >= 0.6 is 11.6 Å². The summed E-state index contributed by atoms with van der Waals surface area (Å²) in [5, 5.41) is 2.88. The van der Waals surface area contributed by atoms with E-state index < -0.39 is 40.2 Å². The Balaban J connectivity index is 2.05.